The van der Waals surface area contributed by atoms with E-state index in [4.69, 9.17) is 18.6 Å². The summed E-state index contributed by atoms with van der Waals surface area (Å²) in [6.07, 6.45) is -0.220. The van der Waals surface area contributed by atoms with Gasteiger partial charge in [0.15, 0.2) is 6.29 Å². The molecule has 166 valence electrons. The highest BCUT2D eigenvalue weighted by atomic mass is 16.7. The molecule has 9 nitrogen and oxygen atoms in total. The van der Waals surface area contributed by atoms with E-state index in [-0.39, 0.29) is 12.4 Å². The third-order valence-electron chi connectivity index (χ3n) is 4.83. The Hall–Kier alpha value is -1.49. The molecular weight excluding hydrogens is 384 g/mol. The number of furan rings is 1. The molecule has 1 aliphatic rings. The second-order valence-electron chi connectivity index (χ2n) is 7.18. The molecule has 1 aliphatic heterocycles. The number of unbranched alkanes of at least 4 members (excludes halogenated alkanes) is 5. The van der Waals surface area contributed by atoms with E-state index in [1.807, 2.05) is 0 Å². The molecule has 1 fully saturated rings. The molecular formula is C20H32O9. The fourth-order valence-electron chi connectivity index (χ4n) is 3.05. The molecule has 0 amide bonds. The fourth-order valence-corrected chi connectivity index (χ4v) is 3.05. The highest BCUT2D eigenvalue weighted by molar-refractivity contribution is 5.86. The number of esters is 1. The minimum Gasteiger partial charge on any atom is -0.460 e. The number of aliphatic hydroxyl groups excluding tert-OH is 4. The fraction of sp³-hybridized carbons (Fsp3) is 0.750. The van der Waals surface area contributed by atoms with Gasteiger partial charge in [0.05, 0.1) is 13.2 Å². The molecule has 1 aromatic rings. The first-order valence-corrected chi connectivity index (χ1v) is 10.2. The number of hydrogen-bond acceptors (Lipinski definition) is 9. The predicted octanol–water partition coefficient (Wildman–Crippen LogP) is 1.11. The van der Waals surface area contributed by atoms with Gasteiger partial charge < -0.3 is 39.1 Å². The second-order valence-corrected chi connectivity index (χ2v) is 7.18. The maximum absolute atomic E-state index is 12.0. The van der Waals surface area contributed by atoms with Crippen LogP contribution in [0.3, 0.4) is 0 Å². The van der Waals surface area contributed by atoms with Crippen molar-refractivity contribution in [2.75, 3.05) is 13.2 Å². The smallest absolute Gasteiger partial charge is 0.374 e. The Bertz CT molecular complexity index is 601. The van der Waals surface area contributed by atoms with E-state index in [0.29, 0.717) is 12.4 Å². The lowest BCUT2D eigenvalue weighted by Crippen LogP contribution is -2.59. The van der Waals surface area contributed by atoms with Crippen molar-refractivity contribution in [3.63, 3.8) is 0 Å². The van der Waals surface area contributed by atoms with E-state index in [1.54, 1.807) is 0 Å². The average molecular weight is 416 g/mol. The van der Waals surface area contributed by atoms with E-state index in [2.05, 4.69) is 6.92 Å². The molecule has 5 atom stereocenters. The molecule has 0 radical (unpaired) electrons. The van der Waals surface area contributed by atoms with Gasteiger partial charge >= 0.3 is 5.97 Å². The zero-order chi connectivity index (χ0) is 21.2. The van der Waals surface area contributed by atoms with Crippen LogP contribution in [-0.4, -0.2) is 70.3 Å². The minimum absolute atomic E-state index is 0.0448. The van der Waals surface area contributed by atoms with Crippen LogP contribution in [-0.2, 0) is 20.8 Å². The number of carbonyl (C=O) groups is 1. The normalized spacial score (nSPS) is 27.1. The molecule has 0 saturated carbocycles. The van der Waals surface area contributed by atoms with Gasteiger partial charge in [0.1, 0.15) is 36.8 Å². The molecule has 4 N–H and O–H groups in total. The summed E-state index contributed by atoms with van der Waals surface area (Å²) >= 11 is 0. The lowest BCUT2D eigenvalue weighted by atomic mass is 9.99. The van der Waals surface area contributed by atoms with Gasteiger partial charge in [-0.3, -0.25) is 0 Å². The predicted molar refractivity (Wildman–Crippen MR) is 101 cm³/mol. The van der Waals surface area contributed by atoms with Crippen molar-refractivity contribution < 1.29 is 43.8 Å². The Balaban J connectivity index is 1.73. The molecule has 2 rings (SSSR count). The molecule has 0 unspecified atom stereocenters. The van der Waals surface area contributed by atoms with Crippen LogP contribution in [0.15, 0.2) is 16.5 Å². The molecule has 1 aromatic heterocycles. The first-order valence-electron chi connectivity index (χ1n) is 10.2. The number of rotatable bonds is 12. The number of hydrogen-bond donors (Lipinski definition) is 4. The second kappa shape index (κ2) is 12.3. The summed E-state index contributed by atoms with van der Waals surface area (Å²) in [6, 6.07) is 3.00. The first-order chi connectivity index (χ1) is 14.0. The first kappa shape index (κ1) is 23.8. The van der Waals surface area contributed by atoms with Crippen LogP contribution in [0.5, 0.6) is 0 Å². The molecule has 9 heteroatoms. The Kier molecular flexibility index (Phi) is 10.1. The van der Waals surface area contributed by atoms with Crippen molar-refractivity contribution >= 4 is 5.97 Å². The Labute approximate surface area is 170 Å². The molecule has 29 heavy (non-hydrogen) atoms. The number of carbonyl (C=O) groups excluding carboxylic acids is 1. The van der Waals surface area contributed by atoms with Crippen molar-refractivity contribution in [1.82, 2.24) is 0 Å². The van der Waals surface area contributed by atoms with Gasteiger partial charge in [-0.1, -0.05) is 39.0 Å². The maximum atomic E-state index is 12.0. The van der Waals surface area contributed by atoms with E-state index in [9.17, 15) is 25.2 Å². The van der Waals surface area contributed by atoms with E-state index in [0.717, 1.165) is 19.3 Å². The van der Waals surface area contributed by atoms with Crippen molar-refractivity contribution in [2.45, 2.75) is 82.8 Å². The van der Waals surface area contributed by atoms with Crippen LogP contribution >= 0.6 is 0 Å². The van der Waals surface area contributed by atoms with Gasteiger partial charge in [-0.15, -0.1) is 0 Å². The Morgan fingerprint density at radius 2 is 1.76 bits per heavy atom. The van der Waals surface area contributed by atoms with Crippen LogP contribution < -0.4 is 0 Å². The molecule has 1 saturated heterocycles. The lowest BCUT2D eigenvalue weighted by molar-refractivity contribution is -0.304. The lowest BCUT2D eigenvalue weighted by Gasteiger charge is -2.39. The van der Waals surface area contributed by atoms with Crippen molar-refractivity contribution in [3.8, 4) is 0 Å². The minimum atomic E-state index is -1.52. The largest absolute Gasteiger partial charge is 0.460 e. The summed E-state index contributed by atoms with van der Waals surface area (Å²) in [5.41, 5.74) is 0. The third kappa shape index (κ3) is 7.06. The van der Waals surface area contributed by atoms with E-state index in [1.165, 1.54) is 31.4 Å². The zero-order valence-electron chi connectivity index (χ0n) is 16.7. The molecule has 0 aliphatic carbocycles. The summed E-state index contributed by atoms with van der Waals surface area (Å²) in [7, 11) is 0. The molecule has 0 aromatic carbocycles. The Morgan fingerprint density at radius 3 is 2.48 bits per heavy atom. The van der Waals surface area contributed by atoms with Gasteiger partial charge in [0.25, 0.3) is 0 Å². The summed E-state index contributed by atoms with van der Waals surface area (Å²) < 4.78 is 21.2. The quantitative estimate of drug-likeness (QED) is 0.291. The van der Waals surface area contributed by atoms with Crippen LogP contribution in [0.25, 0.3) is 0 Å². The van der Waals surface area contributed by atoms with Crippen molar-refractivity contribution in [2.24, 2.45) is 0 Å². The maximum Gasteiger partial charge on any atom is 0.374 e. The molecule has 2 heterocycles. The highest BCUT2D eigenvalue weighted by Crippen LogP contribution is 2.23. The summed E-state index contributed by atoms with van der Waals surface area (Å²) in [5, 5.41) is 38.6. The Morgan fingerprint density at radius 1 is 1.03 bits per heavy atom. The van der Waals surface area contributed by atoms with Crippen LogP contribution in [0.4, 0.5) is 0 Å². The average Bonchev–Trinajstić information content (AvgIpc) is 3.20. The number of ether oxygens (including phenoxy) is 3. The van der Waals surface area contributed by atoms with Gasteiger partial charge in [0, 0.05) is 0 Å². The highest BCUT2D eigenvalue weighted by Gasteiger charge is 2.44. The zero-order valence-corrected chi connectivity index (χ0v) is 16.7. The summed E-state index contributed by atoms with van der Waals surface area (Å²) in [6.45, 7) is 1.81. The van der Waals surface area contributed by atoms with E-state index < -0.39 is 43.3 Å². The number of aliphatic hydroxyl groups is 4. The van der Waals surface area contributed by atoms with Crippen LogP contribution in [0.2, 0.25) is 0 Å². The van der Waals surface area contributed by atoms with Crippen molar-refractivity contribution in [1.29, 1.82) is 0 Å². The summed E-state index contributed by atoms with van der Waals surface area (Å²) in [5.74, 6) is -0.213. The van der Waals surface area contributed by atoms with Gasteiger partial charge in [-0.25, -0.2) is 4.79 Å². The van der Waals surface area contributed by atoms with Crippen LogP contribution in [0, 0.1) is 0 Å². The molecule has 0 bridgehead atoms. The third-order valence-corrected chi connectivity index (χ3v) is 4.83. The monoisotopic (exact) mass is 416 g/mol. The van der Waals surface area contributed by atoms with Gasteiger partial charge in [0.2, 0.25) is 5.76 Å². The van der Waals surface area contributed by atoms with E-state index >= 15 is 0 Å². The van der Waals surface area contributed by atoms with Crippen molar-refractivity contribution in [3.05, 3.63) is 23.7 Å². The summed E-state index contributed by atoms with van der Waals surface area (Å²) in [4.78, 5) is 12.0. The SMILES string of the molecule is CCCCCCCCOC(=O)c1ccc(CO[C@H]2O[C@H](CO)[C@@H](O)[C@H](O)[C@H]2O)o1. The topological polar surface area (TPSA) is 139 Å². The van der Waals surface area contributed by atoms with Crippen LogP contribution in [0.1, 0.15) is 61.8 Å². The standard InChI is InChI=1S/C20H32O9/c1-2-3-4-5-6-7-10-26-19(25)14-9-8-13(28-14)12-27-20-18(24)17(23)16(22)15(11-21)29-20/h8-9,15-18,20-24H,2-7,10-12H2,1H3/t15-,16-,17+,18-,20+/m1/s1. The van der Waals surface area contributed by atoms with Gasteiger partial charge in [-0.2, -0.15) is 0 Å². The van der Waals surface area contributed by atoms with Gasteiger partial charge in [-0.05, 0) is 18.6 Å². The molecule has 0 spiro atoms.